The first-order valence-electron chi connectivity index (χ1n) is 13.0. The van der Waals surface area contributed by atoms with Crippen molar-refractivity contribution in [2.24, 2.45) is 11.8 Å². The molecule has 214 valence electrons. The fourth-order valence-electron chi connectivity index (χ4n) is 4.66. The molecule has 0 spiro atoms. The average molecular weight is 580 g/mol. The van der Waals surface area contributed by atoms with Crippen LogP contribution in [0.25, 0.3) is 10.4 Å². The molecule has 3 atom stereocenters. The standard InChI is InChI=1S/C26H37N5O6S2/c1-14(2)36-24(32)28-16-8-9-17(21(10-16)39(34,35)30-26(5,6)7)20-11-27-23(38-20)31-12-18-19(13-31)22(18)29-25(33)37-15(3)4/h8-11,14-15,18-19,22,30H,12-13H2,1-7H3,(H,28,32)(H,29,33)/t18-,19+,22+. The van der Waals surface area contributed by atoms with Crippen molar-refractivity contribution in [3.8, 4) is 10.4 Å². The van der Waals surface area contributed by atoms with E-state index in [1.807, 2.05) is 13.8 Å². The van der Waals surface area contributed by atoms with E-state index in [-0.39, 0.29) is 29.2 Å². The summed E-state index contributed by atoms with van der Waals surface area (Å²) in [5.41, 5.74) is 0.0775. The van der Waals surface area contributed by atoms with E-state index in [1.54, 1.807) is 52.9 Å². The molecular formula is C26H37N5O6S2. The normalized spacial score (nSPS) is 20.6. The molecule has 0 radical (unpaired) electrons. The zero-order valence-corrected chi connectivity index (χ0v) is 24.9. The van der Waals surface area contributed by atoms with Crippen LogP contribution in [0.2, 0.25) is 0 Å². The third-order valence-electron chi connectivity index (χ3n) is 6.15. The number of thiazole rings is 1. The number of carbonyl (C=O) groups is 2. The van der Waals surface area contributed by atoms with Crippen molar-refractivity contribution < 1.29 is 27.5 Å². The van der Waals surface area contributed by atoms with Crippen molar-refractivity contribution in [1.82, 2.24) is 15.0 Å². The van der Waals surface area contributed by atoms with Gasteiger partial charge in [0.15, 0.2) is 5.13 Å². The molecule has 2 aliphatic rings. The van der Waals surface area contributed by atoms with Gasteiger partial charge in [-0.2, -0.15) is 0 Å². The summed E-state index contributed by atoms with van der Waals surface area (Å²) >= 11 is 1.40. The van der Waals surface area contributed by atoms with Crippen LogP contribution in [0.5, 0.6) is 0 Å². The Bertz CT molecular complexity index is 1320. The fraction of sp³-hybridized carbons (Fsp3) is 0.577. The Morgan fingerprint density at radius 1 is 1.05 bits per heavy atom. The second-order valence-corrected chi connectivity index (χ2v) is 14.2. The minimum atomic E-state index is -3.95. The van der Waals surface area contributed by atoms with Gasteiger partial charge in [-0.3, -0.25) is 5.32 Å². The van der Waals surface area contributed by atoms with Gasteiger partial charge in [0.05, 0.1) is 22.0 Å². The Hall–Kier alpha value is -2.90. The number of rotatable bonds is 8. The smallest absolute Gasteiger partial charge is 0.411 e. The Balaban J connectivity index is 1.53. The van der Waals surface area contributed by atoms with Crippen LogP contribution in [0.15, 0.2) is 29.3 Å². The first-order valence-corrected chi connectivity index (χ1v) is 15.3. The predicted molar refractivity (Wildman–Crippen MR) is 151 cm³/mol. The van der Waals surface area contributed by atoms with Crippen molar-refractivity contribution in [3.63, 3.8) is 0 Å². The summed E-state index contributed by atoms with van der Waals surface area (Å²) in [7, 11) is -3.95. The van der Waals surface area contributed by atoms with Gasteiger partial charge in [-0.15, -0.1) is 0 Å². The van der Waals surface area contributed by atoms with Crippen molar-refractivity contribution in [2.75, 3.05) is 23.3 Å². The van der Waals surface area contributed by atoms with Gasteiger partial charge in [0, 0.05) is 54.0 Å². The summed E-state index contributed by atoms with van der Waals surface area (Å²) in [6.45, 7) is 13.9. The number of hydrogen-bond acceptors (Lipinski definition) is 9. The number of anilines is 2. The summed E-state index contributed by atoms with van der Waals surface area (Å²) in [5, 5.41) is 6.33. The Morgan fingerprint density at radius 2 is 1.67 bits per heavy atom. The topological polar surface area (TPSA) is 139 Å². The molecule has 4 rings (SSSR count). The van der Waals surface area contributed by atoms with Crippen molar-refractivity contribution in [3.05, 3.63) is 24.4 Å². The number of alkyl carbamates (subject to hydrolysis) is 1. The molecule has 1 saturated carbocycles. The summed E-state index contributed by atoms with van der Waals surface area (Å²) in [6, 6.07) is 4.85. The molecule has 1 aliphatic carbocycles. The van der Waals surface area contributed by atoms with E-state index in [1.165, 1.54) is 17.4 Å². The van der Waals surface area contributed by atoms with Crippen LogP contribution < -0.4 is 20.3 Å². The Labute approximate surface area is 233 Å². The minimum Gasteiger partial charge on any atom is -0.447 e. The van der Waals surface area contributed by atoms with E-state index >= 15 is 0 Å². The second-order valence-electron chi connectivity index (χ2n) is 11.5. The number of hydrogen-bond donors (Lipinski definition) is 3. The minimum absolute atomic E-state index is 0.0344. The van der Waals surface area contributed by atoms with Gasteiger partial charge in [-0.05, 0) is 60.6 Å². The summed E-state index contributed by atoms with van der Waals surface area (Å²) in [4.78, 5) is 31.5. The van der Waals surface area contributed by atoms with Crippen LogP contribution in [-0.4, -0.2) is 62.5 Å². The van der Waals surface area contributed by atoms with Gasteiger partial charge in [0.25, 0.3) is 0 Å². The highest BCUT2D eigenvalue weighted by molar-refractivity contribution is 7.89. The van der Waals surface area contributed by atoms with Crippen LogP contribution in [0, 0.1) is 11.8 Å². The molecule has 11 nitrogen and oxygen atoms in total. The molecule has 1 saturated heterocycles. The van der Waals surface area contributed by atoms with E-state index < -0.39 is 21.7 Å². The van der Waals surface area contributed by atoms with Crippen molar-refractivity contribution in [2.45, 2.75) is 77.2 Å². The molecule has 2 aromatic rings. The molecule has 2 amide bonds. The monoisotopic (exact) mass is 579 g/mol. The molecule has 2 fully saturated rings. The van der Waals surface area contributed by atoms with E-state index in [0.29, 0.717) is 28.0 Å². The highest BCUT2D eigenvalue weighted by Crippen LogP contribution is 2.48. The van der Waals surface area contributed by atoms with Crippen LogP contribution in [0.4, 0.5) is 20.4 Å². The maximum atomic E-state index is 13.4. The number of aromatic nitrogens is 1. The molecule has 0 unspecified atom stereocenters. The third-order valence-corrected chi connectivity index (χ3v) is 9.04. The highest BCUT2D eigenvalue weighted by Gasteiger charge is 2.57. The molecule has 2 heterocycles. The second kappa shape index (κ2) is 10.9. The lowest BCUT2D eigenvalue weighted by molar-refractivity contribution is 0.114. The summed E-state index contributed by atoms with van der Waals surface area (Å²) in [5.74, 6) is 0.667. The largest absolute Gasteiger partial charge is 0.447 e. The quantitative estimate of drug-likeness (QED) is 0.418. The summed E-state index contributed by atoms with van der Waals surface area (Å²) < 4.78 is 39.9. The van der Waals surface area contributed by atoms with E-state index in [4.69, 9.17) is 9.47 Å². The molecule has 1 aliphatic heterocycles. The zero-order valence-electron chi connectivity index (χ0n) is 23.3. The maximum absolute atomic E-state index is 13.4. The van der Waals surface area contributed by atoms with Gasteiger partial charge in [0.2, 0.25) is 10.0 Å². The Kier molecular flexibility index (Phi) is 8.16. The lowest BCUT2D eigenvalue weighted by Gasteiger charge is -2.22. The SMILES string of the molecule is CC(C)OC(=O)Nc1ccc(-c2cnc(N3C[C@@H]4[C@H](C3)[C@H]4NC(=O)OC(C)C)s2)c(S(=O)(=O)NC(C)(C)C)c1. The van der Waals surface area contributed by atoms with Crippen molar-refractivity contribution >= 4 is 44.4 Å². The molecule has 3 N–H and O–H groups in total. The number of nitrogens with zero attached hydrogens (tertiary/aromatic N) is 2. The fourth-order valence-corrected chi connectivity index (χ4v) is 7.37. The van der Waals surface area contributed by atoms with E-state index in [2.05, 4.69) is 25.2 Å². The van der Waals surface area contributed by atoms with Crippen LogP contribution in [-0.2, 0) is 19.5 Å². The van der Waals surface area contributed by atoms with Crippen LogP contribution in [0.1, 0.15) is 48.5 Å². The molecule has 39 heavy (non-hydrogen) atoms. The lowest BCUT2D eigenvalue weighted by atomic mass is 10.1. The van der Waals surface area contributed by atoms with Gasteiger partial charge in [-0.1, -0.05) is 17.4 Å². The molecule has 1 aromatic carbocycles. The first kappa shape index (κ1) is 29.1. The number of piperidine rings is 1. The zero-order chi connectivity index (χ0) is 28.7. The molecule has 13 heteroatoms. The average Bonchev–Trinajstić information content (AvgIpc) is 3.17. The maximum Gasteiger partial charge on any atom is 0.411 e. The summed E-state index contributed by atoms with van der Waals surface area (Å²) in [6.07, 6.45) is 0.135. The van der Waals surface area contributed by atoms with Gasteiger partial charge in [-0.25, -0.2) is 27.7 Å². The van der Waals surface area contributed by atoms with Gasteiger partial charge in [0.1, 0.15) is 0 Å². The highest BCUT2D eigenvalue weighted by atomic mass is 32.2. The van der Waals surface area contributed by atoms with Crippen LogP contribution >= 0.6 is 11.3 Å². The number of nitrogens with one attached hydrogen (secondary N) is 3. The van der Waals surface area contributed by atoms with Gasteiger partial charge < -0.3 is 19.7 Å². The van der Waals surface area contributed by atoms with Gasteiger partial charge >= 0.3 is 12.2 Å². The number of ether oxygens (including phenoxy) is 2. The number of sulfonamides is 1. The Morgan fingerprint density at radius 3 is 2.26 bits per heavy atom. The number of benzene rings is 1. The first-order chi connectivity index (χ1) is 18.1. The third kappa shape index (κ3) is 7.20. The number of fused-ring (bicyclic) bond motifs is 1. The number of carbonyl (C=O) groups excluding carboxylic acids is 2. The van der Waals surface area contributed by atoms with Crippen LogP contribution in [0.3, 0.4) is 0 Å². The number of amides is 2. The van der Waals surface area contributed by atoms with Crippen molar-refractivity contribution in [1.29, 1.82) is 0 Å². The van der Waals surface area contributed by atoms with E-state index in [0.717, 1.165) is 18.2 Å². The molecule has 0 bridgehead atoms. The molecular weight excluding hydrogens is 542 g/mol. The lowest BCUT2D eigenvalue weighted by Crippen LogP contribution is -2.40. The van der Waals surface area contributed by atoms with E-state index in [9.17, 15) is 18.0 Å². The predicted octanol–water partition coefficient (Wildman–Crippen LogP) is 4.41. The molecule has 1 aromatic heterocycles.